The summed E-state index contributed by atoms with van der Waals surface area (Å²) >= 11 is 0. The summed E-state index contributed by atoms with van der Waals surface area (Å²) in [5.74, 6) is 1.87. The predicted octanol–water partition coefficient (Wildman–Crippen LogP) is 4.40. The predicted molar refractivity (Wildman–Crippen MR) is 67.2 cm³/mol. The first-order valence-corrected chi connectivity index (χ1v) is 5.47. The first-order chi connectivity index (χ1) is 7.66. The molecule has 0 saturated heterocycles. The van der Waals surface area contributed by atoms with Crippen LogP contribution in [-0.2, 0) is 0 Å². The normalized spacial score (nSPS) is 10.2. The average Bonchev–Trinajstić information content (AvgIpc) is 2.24. The van der Waals surface area contributed by atoms with Crippen LogP contribution in [0, 0.1) is 20.8 Å². The maximum absolute atomic E-state index is 5.92. The SMILES string of the molecule is Cc1cccc(Oc2c(C)cccc2C)c1. The van der Waals surface area contributed by atoms with Gasteiger partial charge in [0.15, 0.2) is 0 Å². The van der Waals surface area contributed by atoms with E-state index in [-0.39, 0.29) is 0 Å². The maximum atomic E-state index is 5.92. The Morgan fingerprint density at radius 1 is 0.812 bits per heavy atom. The minimum Gasteiger partial charge on any atom is -0.457 e. The summed E-state index contributed by atoms with van der Waals surface area (Å²) in [5.41, 5.74) is 3.55. The Morgan fingerprint density at radius 2 is 1.44 bits per heavy atom. The third kappa shape index (κ3) is 2.25. The van der Waals surface area contributed by atoms with Gasteiger partial charge in [-0.25, -0.2) is 0 Å². The van der Waals surface area contributed by atoms with Crippen molar-refractivity contribution in [3.05, 3.63) is 59.2 Å². The van der Waals surface area contributed by atoms with Gasteiger partial charge in [0.05, 0.1) is 0 Å². The standard InChI is InChI=1S/C15H16O/c1-11-6-4-9-14(10-11)16-15-12(2)7-5-8-13(15)3/h4-10H,1-3H3. The first-order valence-electron chi connectivity index (χ1n) is 5.47. The van der Waals surface area contributed by atoms with Crippen molar-refractivity contribution in [1.29, 1.82) is 0 Å². The summed E-state index contributed by atoms with van der Waals surface area (Å²) < 4.78 is 5.92. The molecule has 0 fully saturated rings. The van der Waals surface area contributed by atoms with Crippen LogP contribution in [0.25, 0.3) is 0 Å². The average molecular weight is 212 g/mol. The molecule has 0 aliphatic heterocycles. The van der Waals surface area contributed by atoms with E-state index in [2.05, 4.69) is 39.0 Å². The van der Waals surface area contributed by atoms with Gasteiger partial charge < -0.3 is 4.74 Å². The third-order valence-corrected chi connectivity index (χ3v) is 2.62. The quantitative estimate of drug-likeness (QED) is 0.716. The van der Waals surface area contributed by atoms with Crippen molar-refractivity contribution in [3.63, 3.8) is 0 Å². The highest BCUT2D eigenvalue weighted by molar-refractivity contribution is 5.43. The Bertz CT molecular complexity index is 480. The molecule has 0 amide bonds. The van der Waals surface area contributed by atoms with Gasteiger partial charge in [0, 0.05) is 0 Å². The zero-order chi connectivity index (χ0) is 11.5. The number of benzene rings is 2. The molecule has 16 heavy (non-hydrogen) atoms. The van der Waals surface area contributed by atoms with E-state index < -0.39 is 0 Å². The summed E-state index contributed by atoms with van der Waals surface area (Å²) in [7, 11) is 0. The molecule has 0 aliphatic rings. The molecule has 0 N–H and O–H groups in total. The van der Waals surface area contributed by atoms with E-state index in [1.807, 2.05) is 24.3 Å². The van der Waals surface area contributed by atoms with Crippen LogP contribution in [-0.4, -0.2) is 0 Å². The van der Waals surface area contributed by atoms with Crippen molar-refractivity contribution >= 4 is 0 Å². The molecule has 82 valence electrons. The molecule has 0 unspecified atom stereocenters. The Labute approximate surface area is 96.7 Å². The zero-order valence-corrected chi connectivity index (χ0v) is 9.95. The van der Waals surface area contributed by atoms with Gasteiger partial charge in [0.1, 0.15) is 11.5 Å². The van der Waals surface area contributed by atoms with Gasteiger partial charge in [-0.1, -0.05) is 30.3 Å². The fourth-order valence-electron chi connectivity index (χ4n) is 1.76. The smallest absolute Gasteiger partial charge is 0.133 e. The van der Waals surface area contributed by atoms with Crippen LogP contribution < -0.4 is 4.74 Å². The van der Waals surface area contributed by atoms with Crippen LogP contribution in [0.5, 0.6) is 11.5 Å². The highest BCUT2D eigenvalue weighted by atomic mass is 16.5. The lowest BCUT2D eigenvalue weighted by Gasteiger charge is -2.11. The molecule has 0 aromatic heterocycles. The molecule has 0 heterocycles. The van der Waals surface area contributed by atoms with E-state index in [1.165, 1.54) is 16.7 Å². The molecule has 0 aliphatic carbocycles. The summed E-state index contributed by atoms with van der Waals surface area (Å²) in [4.78, 5) is 0. The van der Waals surface area contributed by atoms with Crippen LogP contribution in [0.3, 0.4) is 0 Å². The molecule has 1 nitrogen and oxygen atoms in total. The van der Waals surface area contributed by atoms with Gasteiger partial charge in [-0.15, -0.1) is 0 Å². The van der Waals surface area contributed by atoms with Crippen LogP contribution in [0.1, 0.15) is 16.7 Å². The molecule has 0 bridgehead atoms. The van der Waals surface area contributed by atoms with Crippen molar-refractivity contribution in [2.45, 2.75) is 20.8 Å². The van der Waals surface area contributed by atoms with Gasteiger partial charge in [-0.2, -0.15) is 0 Å². The van der Waals surface area contributed by atoms with E-state index in [0.717, 1.165) is 11.5 Å². The fourth-order valence-corrected chi connectivity index (χ4v) is 1.76. The molecule has 0 saturated carbocycles. The summed E-state index contributed by atoms with van der Waals surface area (Å²) in [6.07, 6.45) is 0. The number of hydrogen-bond donors (Lipinski definition) is 0. The highest BCUT2D eigenvalue weighted by Gasteiger charge is 2.04. The van der Waals surface area contributed by atoms with E-state index in [1.54, 1.807) is 0 Å². The van der Waals surface area contributed by atoms with Gasteiger partial charge in [0.25, 0.3) is 0 Å². The Balaban J connectivity index is 2.34. The lowest BCUT2D eigenvalue weighted by molar-refractivity contribution is 0.475. The van der Waals surface area contributed by atoms with Crippen LogP contribution >= 0.6 is 0 Å². The molecule has 2 aromatic rings. The van der Waals surface area contributed by atoms with E-state index in [4.69, 9.17) is 4.74 Å². The molecule has 1 heteroatoms. The second kappa shape index (κ2) is 4.40. The molecule has 2 rings (SSSR count). The molecular weight excluding hydrogens is 196 g/mol. The number of ether oxygens (including phenoxy) is 1. The van der Waals surface area contributed by atoms with E-state index in [0.29, 0.717) is 0 Å². The van der Waals surface area contributed by atoms with E-state index >= 15 is 0 Å². The van der Waals surface area contributed by atoms with Crippen LogP contribution in [0.2, 0.25) is 0 Å². The van der Waals surface area contributed by atoms with Crippen molar-refractivity contribution in [2.75, 3.05) is 0 Å². The van der Waals surface area contributed by atoms with Crippen molar-refractivity contribution < 1.29 is 4.74 Å². The first kappa shape index (κ1) is 10.7. The third-order valence-electron chi connectivity index (χ3n) is 2.62. The maximum Gasteiger partial charge on any atom is 0.133 e. The molecular formula is C15H16O. The Hall–Kier alpha value is -1.76. The molecule has 0 spiro atoms. The van der Waals surface area contributed by atoms with E-state index in [9.17, 15) is 0 Å². The topological polar surface area (TPSA) is 9.23 Å². The van der Waals surface area contributed by atoms with Crippen molar-refractivity contribution in [3.8, 4) is 11.5 Å². The van der Waals surface area contributed by atoms with Crippen molar-refractivity contribution in [2.24, 2.45) is 0 Å². The monoisotopic (exact) mass is 212 g/mol. The molecule has 0 atom stereocenters. The Morgan fingerprint density at radius 3 is 2.06 bits per heavy atom. The summed E-state index contributed by atoms with van der Waals surface area (Å²) in [6, 6.07) is 14.3. The van der Waals surface area contributed by atoms with Crippen LogP contribution in [0.15, 0.2) is 42.5 Å². The lowest BCUT2D eigenvalue weighted by atomic mass is 10.1. The highest BCUT2D eigenvalue weighted by Crippen LogP contribution is 2.28. The van der Waals surface area contributed by atoms with Crippen molar-refractivity contribution in [1.82, 2.24) is 0 Å². The second-order valence-electron chi connectivity index (χ2n) is 4.14. The van der Waals surface area contributed by atoms with Gasteiger partial charge >= 0.3 is 0 Å². The molecule has 2 aromatic carbocycles. The second-order valence-corrected chi connectivity index (χ2v) is 4.14. The number of rotatable bonds is 2. The van der Waals surface area contributed by atoms with Gasteiger partial charge in [-0.3, -0.25) is 0 Å². The van der Waals surface area contributed by atoms with Gasteiger partial charge in [0.2, 0.25) is 0 Å². The summed E-state index contributed by atoms with van der Waals surface area (Å²) in [5, 5.41) is 0. The zero-order valence-electron chi connectivity index (χ0n) is 9.95. The molecule has 0 radical (unpaired) electrons. The Kier molecular flexibility index (Phi) is 2.95. The minimum absolute atomic E-state index is 0.900. The van der Waals surface area contributed by atoms with Gasteiger partial charge in [-0.05, 0) is 49.6 Å². The number of hydrogen-bond acceptors (Lipinski definition) is 1. The summed E-state index contributed by atoms with van der Waals surface area (Å²) in [6.45, 7) is 6.20. The number of para-hydroxylation sites is 1. The largest absolute Gasteiger partial charge is 0.457 e. The fraction of sp³-hybridized carbons (Fsp3) is 0.200. The van der Waals surface area contributed by atoms with Crippen LogP contribution in [0.4, 0.5) is 0 Å². The number of aryl methyl sites for hydroxylation is 3. The lowest BCUT2D eigenvalue weighted by Crippen LogP contribution is -1.90. The minimum atomic E-state index is 0.900.